The molecule has 6 nitrogen and oxygen atoms in total. The molecular weight excluding hydrogens is 352 g/mol. The fourth-order valence-corrected chi connectivity index (χ4v) is 4.79. The van der Waals surface area contributed by atoms with Gasteiger partial charge in [0.05, 0.1) is 5.75 Å². The number of nitrogens with one attached hydrogen (secondary N) is 1. The number of hydrogen-bond acceptors (Lipinski definition) is 4. The number of amides is 1. The maximum absolute atomic E-state index is 12.8. The SMILES string of the molecule is Cc1ccccc1CS(=O)(=O)N1CCC[C@@H](CNC(=O)OC(C)(C)C)C1. The topological polar surface area (TPSA) is 75.7 Å². The first-order valence-corrected chi connectivity index (χ1v) is 10.7. The molecule has 1 aromatic carbocycles. The Bertz CT molecular complexity index is 725. The molecule has 26 heavy (non-hydrogen) atoms. The van der Waals surface area contributed by atoms with Crippen molar-refractivity contribution in [2.45, 2.75) is 51.9 Å². The second-order valence-corrected chi connectivity index (χ2v) is 9.90. The van der Waals surface area contributed by atoms with E-state index in [1.165, 1.54) is 0 Å². The number of hydrogen-bond donors (Lipinski definition) is 1. The van der Waals surface area contributed by atoms with Crippen molar-refractivity contribution in [3.05, 3.63) is 35.4 Å². The Labute approximate surface area is 157 Å². The number of carbonyl (C=O) groups excluding carboxylic acids is 1. The number of ether oxygens (including phenoxy) is 1. The van der Waals surface area contributed by atoms with Gasteiger partial charge in [-0.2, -0.15) is 0 Å². The van der Waals surface area contributed by atoms with Crippen molar-refractivity contribution in [3.63, 3.8) is 0 Å². The van der Waals surface area contributed by atoms with Crippen LogP contribution in [0.3, 0.4) is 0 Å². The van der Waals surface area contributed by atoms with E-state index in [1.807, 2.05) is 52.0 Å². The standard InChI is InChI=1S/C19H30N2O4S/c1-15-8-5-6-10-17(15)14-26(23,24)21-11-7-9-16(13-21)12-20-18(22)25-19(2,3)4/h5-6,8,10,16H,7,9,11-14H2,1-4H3,(H,20,22)/t16-/m0/s1. The minimum absolute atomic E-state index is 0.0197. The van der Waals surface area contributed by atoms with Crippen molar-refractivity contribution in [3.8, 4) is 0 Å². The van der Waals surface area contributed by atoms with E-state index in [1.54, 1.807) is 4.31 Å². The molecule has 2 rings (SSSR count). The molecule has 0 radical (unpaired) electrons. The normalized spacial score (nSPS) is 19.2. The molecule has 146 valence electrons. The summed E-state index contributed by atoms with van der Waals surface area (Å²) < 4.78 is 32.4. The Kier molecular flexibility index (Phi) is 6.69. The Morgan fingerprint density at radius 1 is 1.31 bits per heavy atom. The fourth-order valence-electron chi connectivity index (χ4n) is 3.05. The Balaban J connectivity index is 1.92. The number of piperidine rings is 1. The summed E-state index contributed by atoms with van der Waals surface area (Å²) in [6.45, 7) is 8.76. The third-order valence-electron chi connectivity index (χ3n) is 4.41. The summed E-state index contributed by atoms with van der Waals surface area (Å²) >= 11 is 0. The van der Waals surface area contributed by atoms with Crippen LogP contribution in [-0.2, 0) is 20.5 Å². The molecule has 1 aliphatic rings. The molecular formula is C19H30N2O4S. The first-order valence-electron chi connectivity index (χ1n) is 9.06. The molecule has 0 bridgehead atoms. The number of carbonyl (C=O) groups is 1. The minimum Gasteiger partial charge on any atom is -0.444 e. The molecule has 1 N–H and O–H groups in total. The zero-order chi connectivity index (χ0) is 19.4. The molecule has 1 heterocycles. The summed E-state index contributed by atoms with van der Waals surface area (Å²) in [5.74, 6) is 0.120. The number of alkyl carbamates (subject to hydrolysis) is 1. The van der Waals surface area contributed by atoms with Crippen LogP contribution in [0.25, 0.3) is 0 Å². The Hall–Kier alpha value is -1.60. The van der Waals surface area contributed by atoms with Crippen LogP contribution < -0.4 is 5.32 Å². The highest BCUT2D eigenvalue weighted by molar-refractivity contribution is 7.88. The molecule has 7 heteroatoms. The van der Waals surface area contributed by atoms with Crippen LogP contribution in [0, 0.1) is 12.8 Å². The molecule has 0 saturated carbocycles. The van der Waals surface area contributed by atoms with Crippen molar-refractivity contribution in [2.75, 3.05) is 19.6 Å². The average Bonchev–Trinajstić information content (AvgIpc) is 2.54. The second kappa shape index (κ2) is 8.39. The second-order valence-electron chi connectivity index (χ2n) is 7.93. The van der Waals surface area contributed by atoms with E-state index in [-0.39, 0.29) is 11.7 Å². The third-order valence-corrected chi connectivity index (χ3v) is 6.20. The van der Waals surface area contributed by atoms with Gasteiger partial charge in [-0.1, -0.05) is 24.3 Å². The molecule has 0 unspecified atom stereocenters. The minimum atomic E-state index is -3.37. The molecule has 0 aliphatic carbocycles. The lowest BCUT2D eigenvalue weighted by Crippen LogP contribution is -2.44. The van der Waals surface area contributed by atoms with Gasteiger partial charge >= 0.3 is 6.09 Å². The number of nitrogens with zero attached hydrogens (tertiary/aromatic N) is 1. The molecule has 1 amide bonds. The molecule has 1 aliphatic heterocycles. The van der Waals surface area contributed by atoms with Gasteiger partial charge in [-0.05, 0) is 57.6 Å². The van der Waals surface area contributed by atoms with Crippen LogP contribution in [0.1, 0.15) is 44.7 Å². The van der Waals surface area contributed by atoms with Crippen molar-refractivity contribution in [1.82, 2.24) is 9.62 Å². The van der Waals surface area contributed by atoms with E-state index in [4.69, 9.17) is 4.74 Å². The van der Waals surface area contributed by atoms with Gasteiger partial charge in [-0.15, -0.1) is 0 Å². The largest absolute Gasteiger partial charge is 0.444 e. The molecule has 1 atom stereocenters. The first-order chi connectivity index (χ1) is 12.1. The van der Waals surface area contributed by atoms with Gasteiger partial charge in [0.2, 0.25) is 10.0 Å². The number of benzene rings is 1. The molecule has 0 aromatic heterocycles. The van der Waals surface area contributed by atoms with Gasteiger partial charge in [0.15, 0.2) is 0 Å². The van der Waals surface area contributed by atoms with Gasteiger partial charge < -0.3 is 10.1 Å². The van der Waals surface area contributed by atoms with E-state index in [9.17, 15) is 13.2 Å². The molecule has 1 fully saturated rings. The number of aryl methyl sites for hydroxylation is 1. The number of rotatable bonds is 5. The van der Waals surface area contributed by atoms with Crippen molar-refractivity contribution < 1.29 is 17.9 Å². The summed E-state index contributed by atoms with van der Waals surface area (Å²) in [4.78, 5) is 11.8. The van der Waals surface area contributed by atoms with Gasteiger partial charge in [0.25, 0.3) is 0 Å². The summed E-state index contributed by atoms with van der Waals surface area (Å²) in [6.07, 6.45) is 1.23. The van der Waals surface area contributed by atoms with E-state index >= 15 is 0 Å². The first kappa shape index (κ1) is 20.7. The quantitative estimate of drug-likeness (QED) is 0.849. The van der Waals surface area contributed by atoms with E-state index in [0.717, 1.165) is 24.0 Å². The van der Waals surface area contributed by atoms with Crippen molar-refractivity contribution in [2.24, 2.45) is 5.92 Å². The monoisotopic (exact) mass is 382 g/mol. The van der Waals surface area contributed by atoms with Crippen LogP contribution in [-0.4, -0.2) is 44.1 Å². The van der Waals surface area contributed by atoms with Gasteiger partial charge in [0, 0.05) is 19.6 Å². The average molecular weight is 383 g/mol. The highest BCUT2D eigenvalue weighted by Crippen LogP contribution is 2.22. The van der Waals surface area contributed by atoms with Crippen molar-refractivity contribution >= 4 is 16.1 Å². The summed E-state index contributed by atoms with van der Waals surface area (Å²) in [5.41, 5.74) is 1.28. The maximum atomic E-state index is 12.8. The zero-order valence-electron chi connectivity index (χ0n) is 16.1. The molecule has 1 aromatic rings. The van der Waals surface area contributed by atoms with Gasteiger partial charge in [-0.3, -0.25) is 0 Å². The Morgan fingerprint density at radius 3 is 2.65 bits per heavy atom. The van der Waals surface area contributed by atoms with Crippen LogP contribution in [0.4, 0.5) is 4.79 Å². The van der Waals surface area contributed by atoms with Crippen LogP contribution >= 0.6 is 0 Å². The lowest BCUT2D eigenvalue weighted by molar-refractivity contribution is 0.0513. The highest BCUT2D eigenvalue weighted by Gasteiger charge is 2.29. The van der Waals surface area contributed by atoms with Crippen LogP contribution in [0.5, 0.6) is 0 Å². The predicted octanol–water partition coefficient (Wildman–Crippen LogP) is 3.06. The fraction of sp³-hybridized carbons (Fsp3) is 0.632. The highest BCUT2D eigenvalue weighted by atomic mass is 32.2. The van der Waals surface area contributed by atoms with Gasteiger partial charge in [-0.25, -0.2) is 17.5 Å². The van der Waals surface area contributed by atoms with Gasteiger partial charge in [0.1, 0.15) is 5.60 Å². The summed E-state index contributed by atoms with van der Waals surface area (Å²) in [7, 11) is -3.37. The lowest BCUT2D eigenvalue weighted by atomic mass is 10.00. The Morgan fingerprint density at radius 2 is 2.00 bits per heavy atom. The lowest BCUT2D eigenvalue weighted by Gasteiger charge is -2.32. The number of sulfonamides is 1. The van der Waals surface area contributed by atoms with Crippen LogP contribution in [0.2, 0.25) is 0 Å². The van der Waals surface area contributed by atoms with Crippen molar-refractivity contribution in [1.29, 1.82) is 0 Å². The third kappa shape index (κ3) is 6.29. The maximum Gasteiger partial charge on any atom is 0.407 e. The molecule has 1 saturated heterocycles. The predicted molar refractivity (Wildman–Crippen MR) is 102 cm³/mol. The van der Waals surface area contributed by atoms with E-state index in [0.29, 0.717) is 19.6 Å². The van der Waals surface area contributed by atoms with Crippen LogP contribution in [0.15, 0.2) is 24.3 Å². The summed E-state index contributed by atoms with van der Waals surface area (Å²) in [6, 6.07) is 7.55. The van der Waals surface area contributed by atoms with E-state index < -0.39 is 21.7 Å². The van der Waals surface area contributed by atoms with E-state index in [2.05, 4.69) is 5.32 Å². The summed E-state index contributed by atoms with van der Waals surface area (Å²) in [5, 5.41) is 2.76. The smallest absolute Gasteiger partial charge is 0.407 e. The molecule has 0 spiro atoms. The zero-order valence-corrected chi connectivity index (χ0v) is 16.9.